The zero-order valence-electron chi connectivity index (χ0n) is 10.6. The predicted octanol–water partition coefficient (Wildman–Crippen LogP) is 2.38. The van der Waals surface area contributed by atoms with Crippen LogP contribution in [-0.4, -0.2) is 24.0 Å². The van der Waals surface area contributed by atoms with Gasteiger partial charge < -0.3 is 5.73 Å². The van der Waals surface area contributed by atoms with E-state index in [2.05, 4.69) is 17.9 Å². The molecule has 0 bridgehead atoms. The van der Waals surface area contributed by atoms with Crippen LogP contribution < -0.4 is 5.73 Å². The van der Waals surface area contributed by atoms with Crippen LogP contribution in [-0.2, 0) is 6.54 Å². The summed E-state index contributed by atoms with van der Waals surface area (Å²) in [5, 5.41) is 9.49. The summed E-state index contributed by atoms with van der Waals surface area (Å²) in [7, 11) is 0. The molecule has 1 aromatic rings. The first-order valence-corrected chi connectivity index (χ1v) is 6.64. The Labute approximate surface area is 113 Å². The summed E-state index contributed by atoms with van der Waals surface area (Å²) < 4.78 is 0. The molecular weight excluding hydrogens is 246 g/mol. The Kier molecular flexibility index (Phi) is 4.23. The van der Waals surface area contributed by atoms with Crippen molar-refractivity contribution in [3.05, 3.63) is 34.3 Å². The molecule has 1 saturated heterocycles. The zero-order valence-corrected chi connectivity index (χ0v) is 11.3. The van der Waals surface area contributed by atoms with Crippen molar-refractivity contribution in [1.29, 1.82) is 5.26 Å². The largest absolute Gasteiger partial charge is 0.330 e. The van der Waals surface area contributed by atoms with Crippen molar-refractivity contribution in [1.82, 2.24) is 4.90 Å². The molecule has 1 aliphatic heterocycles. The lowest BCUT2D eigenvalue weighted by Crippen LogP contribution is -2.27. The van der Waals surface area contributed by atoms with Gasteiger partial charge in [-0.25, -0.2) is 0 Å². The Bertz CT molecular complexity index is 467. The topological polar surface area (TPSA) is 53.0 Å². The summed E-state index contributed by atoms with van der Waals surface area (Å²) in [6.45, 7) is 4.85. The van der Waals surface area contributed by atoms with Gasteiger partial charge in [0.2, 0.25) is 0 Å². The van der Waals surface area contributed by atoms with Gasteiger partial charge in [-0.1, -0.05) is 17.7 Å². The van der Waals surface area contributed by atoms with Crippen molar-refractivity contribution in [2.45, 2.75) is 25.9 Å². The third-order valence-corrected chi connectivity index (χ3v) is 4.03. The molecule has 0 amide bonds. The highest BCUT2D eigenvalue weighted by atomic mass is 35.5. The maximum absolute atomic E-state index is 8.81. The highest BCUT2D eigenvalue weighted by Crippen LogP contribution is 2.26. The molecule has 0 radical (unpaired) electrons. The summed E-state index contributed by atoms with van der Waals surface area (Å²) in [6, 6.07) is 8.15. The molecule has 2 unspecified atom stereocenters. The van der Waals surface area contributed by atoms with Crippen molar-refractivity contribution >= 4 is 11.6 Å². The number of nitrogens with two attached hydrogens (primary N) is 1. The van der Waals surface area contributed by atoms with E-state index in [4.69, 9.17) is 22.6 Å². The van der Waals surface area contributed by atoms with Gasteiger partial charge in [0, 0.05) is 24.2 Å². The third kappa shape index (κ3) is 2.84. The van der Waals surface area contributed by atoms with Crippen LogP contribution >= 0.6 is 11.6 Å². The fraction of sp³-hybridized carbons (Fsp3) is 0.500. The van der Waals surface area contributed by atoms with Gasteiger partial charge in [0.15, 0.2) is 0 Å². The van der Waals surface area contributed by atoms with Gasteiger partial charge in [0.05, 0.1) is 11.6 Å². The summed E-state index contributed by atoms with van der Waals surface area (Å²) in [4.78, 5) is 2.41. The third-order valence-electron chi connectivity index (χ3n) is 3.68. The number of nitriles is 1. The molecule has 2 rings (SSSR count). The normalized spacial score (nSPS) is 24.1. The Morgan fingerprint density at radius 3 is 2.89 bits per heavy atom. The maximum Gasteiger partial charge on any atom is 0.0992 e. The molecule has 1 aromatic carbocycles. The van der Waals surface area contributed by atoms with Gasteiger partial charge in [-0.05, 0) is 43.5 Å². The maximum atomic E-state index is 8.81. The Morgan fingerprint density at radius 1 is 1.56 bits per heavy atom. The number of hydrogen-bond acceptors (Lipinski definition) is 3. The van der Waals surface area contributed by atoms with E-state index in [0.29, 0.717) is 22.5 Å². The standard InChI is InChI=1S/C14H18ClN3/c1-10-4-12(7-17)8-18(10)9-13-3-2-11(6-16)5-14(13)15/h2-3,5,10,12H,4,7-9,17H2,1H3. The van der Waals surface area contributed by atoms with E-state index in [1.165, 1.54) is 0 Å². The Balaban J connectivity index is 2.08. The number of hydrogen-bond donors (Lipinski definition) is 1. The minimum Gasteiger partial charge on any atom is -0.330 e. The summed E-state index contributed by atoms with van der Waals surface area (Å²) >= 11 is 6.20. The number of benzene rings is 1. The summed E-state index contributed by atoms with van der Waals surface area (Å²) in [5.41, 5.74) is 7.42. The van der Waals surface area contributed by atoms with Gasteiger partial charge in [0.25, 0.3) is 0 Å². The van der Waals surface area contributed by atoms with E-state index in [1.807, 2.05) is 12.1 Å². The van der Waals surface area contributed by atoms with Crippen LogP contribution in [0.25, 0.3) is 0 Å². The van der Waals surface area contributed by atoms with Gasteiger partial charge in [-0.15, -0.1) is 0 Å². The average molecular weight is 264 g/mol. The van der Waals surface area contributed by atoms with Crippen LogP contribution in [0.1, 0.15) is 24.5 Å². The van der Waals surface area contributed by atoms with E-state index in [0.717, 1.165) is 31.6 Å². The highest BCUT2D eigenvalue weighted by Gasteiger charge is 2.28. The molecule has 1 heterocycles. The van der Waals surface area contributed by atoms with Gasteiger partial charge >= 0.3 is 0 Å². The van der Waals surface area contributed by atoms with E-state index in [-0.39, 0.29) is 0 Å². The first-order chi connectivity index (χ1) is 8.63. The fourth-order valence-corrected chi connectivity index (χ4v) is 2.81. The molecular formula is C14H18ClN3. The van der Waals surface area contributed by atoms with E-state index >= 15 is 0 Å². The van der Waals surface area contributed by atoms with Crippen LogP contribution in [0.5, 0.6) is 0 Å². The van der Waals surface area contributed by atoms with Crippen molar-refractivity contribution in [3.63, 3.8) is 0 Å². The van der Waals surface area contributed by atoms with Crippen LogP contribution in [0.4, 0.5) is 0 Å². The number of halogens is 1. The lowest BCUT2D eigenvalue weighted by molar-refractivity contribution is 0.256. The molecule has 1 aliphatic rings. The minimum atomic E-state index is 0.547. The molecule has 96 valence electrons. The Morgan fingerprint density at radius 2 is 2.33 bits per heavy atom. The van der Waals surface area contributed by atoms with Crippen LogP contribution in [0, 0.1) is 17.2 Å². The predicted molar refractivity (Wildman–Crippen MR) is 73.2 cm³/mol. The number of nitrogens with zero attached hydrogens (tertiary/aromatic N) is 2. The molecule has 0 aromatic heterocycles. The highest BCUT2D eigenvalue weighted by molar-refractivity contribution is 6.31. The molecule has 2 N–H and O–H groups in total. The number of rotatable bonds is 3. The molecule has 4 heteroatoms. The zero-order chi connectivity index (χ0) is 13.1. The average Bonchev–Trinajstić information content (AvgIpc) is 2.72. The lowest BCUT2D eigenvalue weighted by atomic mass is 10.1. The number of likely N-dealkylation sites (tertiary alicyclic amines) is 1. The molecule has 0 spiro atoms. The van der Waals surface area contributed by atoms with Gasteiger partial charge in [0.1, 0.15) is 0 Å². The minimum absolute atomic E-state index is 0.547. The second-order valence-electron chi connectivity index (χ2n) is 5.03. The van der Waals surface area contributed by atoms with E-state index in [9.17, 15) is 0 Å². The molecule has 0 aliphatic carbocycles. The van der Waals surface area contributed by atoms with Crippen molar-refractivity contribution in [3.8, 4) is 6.07 Å². The SMILES string of the molecule is CC1CC(CN)CN1Cc1ccc(C#N)cc1Cl. The van der Waals surface area contributed by atoms with Crippen LogP contribution in [0.3, 0.4) is 0 Å². The van der Waals surface area contributed by atoms with E-state index < -0.39 is 0 Å². The molecule has 1 fully saturated rings. The lowest BCUT2D eigenvalue weighted by Gasteiger charge is -2.21. The monoisotopic (exact) mass is 263 g/mol. The van der Waals surface area contributed by atoms with Crippen molar-refractivity contribution < 1.29 is 0 Å². The fourth-order valence-electron chi connectivity index (χ4n) is 2.57. The molecule has 18 heavy (non-hydrogen) atoms. The summed E-state index contributed by atoms with van der Waals surface area (Å²) in [5.74, 6) is 0.595. The molecule has 0 saturated carbocycles. The molecule has 3 nitrogen and oxygen atoms in total. The summed E-state index contributed by atoms with van der Waals surface area (Å²) in [6.07, 6.45) is 1.16. The van der Waals surface area contributed by atoms with Crippen LogP contribution in [0.15, 0.2) is 18.2 Å². The van der Waals surface area contributed by atoms with Gasteiger partial charge in [-0.2, -0.15) is 5.26 Å². The van der Waals surface area contributed by atoms with Gasteiger partial charge in [-0.3, -0.25) is 4.90 Å². The first-order valence-electron chi connectivity index (χ1n) is 6.26. The van der Waals surface area contributed by atoms with E-state index in [1.54, 1.807) is 6.07 Å². The van der Waals surface area contributed by atoms with Crippen molar-refractivity contribution in [2.24, 2.45) is 11.7 Å². The van der Waals surface area contributed by atoms with Crippen molar-refractivity contribution in [2.75, 3.05) is 13.1 Å². The first kappa shape index (κ1) is 13.4. The Hall–Kier alpha value is -1.08. The second kappa shape index (κ2) is 5.71. The molecule has 2 atom stereocenters. The van der Waals surface area contributed by atoms with Crippen LogP contribution in [0.2, 0.25) is 5.02 Å². The quantitative estimate of drug-likeness (QED) is 0.911. The second-order valence-corrected chi connectivity index (χ2v) is 5.44. The smallest absolute Gasteiger partial charge is 0.0992 e.